The molecule has 20 heavy (non-hydrogen) atoms. The number of para-hydroxylation sites is 1. The van der Waals surface area contributed by atoms with E-state index in [1.54, 1.807) is 4.31 Å². The molecule has 0 amide bonds. The van der Waals surface area contributed by atoms with Gasteiger partial charge in [0.25, 0.3) is 0 Å². The van der Waals surface area contributed by atoms with Gasteiger partial charge in [-0.3, -0.25) is 0 Å². The van der Waals surface area contributed by atoms with Gasteiger partial charge in [0.05, 0.1) is 5.75 Å². The Kier molecular flexibility index (Phi) is 5.46. The third-order valence-electron chi connectivity index (χ3n) is 3.54. The van der Waals surface area contributed by atoms with Crippen molar-refractivity contribution >= 4 is 31.6 Å². The second-order valence-corrected chi connectivity index (χ2v) is 8.06. The number of nitrogens with one attached hydrogen (secondary N) is 1. The van der Waals surface area contributed by atoms with E-state index in [-0.39, 0.29) is 5.75 Å². The number of sulfonamides is 1. The van der Waals surface area contributed by atoms with E-state index in [1.807, 2.05) is 31.2 Å². The molecule has 1 fully saturated rings. The van der Waals surface area contributed by atoms with E-state index in [4.69, 9.17) is 0 Å². The first-order valence-electron chi connectivity index (χ1n) is 7.02. The van der Waals surface area contributed by atoms with Crippen LogP contribution in [0.15, 0.2) is 28.7 Å². The lowest BCUT2D eigenvalue weighted by Gasteiger charge is -2.32. The number of halogens is 1. The maximum Gasteiger partial charge on any atom is 0.214 e. The summed E-state index contributed by atoms with van der Waals surface area (Å²) >= 11 is 3.52. The molecule has 0 radical (unpaired) electrons. The van der Waals surface area contributed by atoms with Gasteiger partial charge in [0.15, 0.2) is 0 Å². The summed E-state index contributed by atoms with van der Waals surface area (Å²) in [6.07, 6.45) is 2.38. The maximum atomic E-state index is 12.0. The topological polar surface area (TPSA) is 49.4 Å². The lowest BCUT2D eigenvalue weighted by molar-refractivity contribution is 0.329. The van der Waals surface area contributed by atoms with E-state index in [2.05, 4.69) is 21.2 Å². The first kappa shape index (κ1) is 15.8. The quantitative estimate of drug-likeness (QED) is 0.877. The average molecular weight is 361 g/mol. The fourth-order valence-electron chi connectivity index (χ4n) is 2.46. The number of piperidine rings is 1. The van der Waals surface area contributed by atoms with Crippen LogP contribution >= 0.6 is 15.9 Å². The molecule has 1 N–H and O–H groups in total. The highest BCUT2D eigenvalue weighted by molar-refractivity contribution is 9.10. The molecule has 0 unspecified atom stereocenters. The van der Waals surface area contributed by atoms with Crippen LogP contribution < -0.4 is 5.32 Å². The summed E-state index contributed by atoms with van der Waals surface area (Å²) < 4.78 is 26.7. The first-order valence-corrected chi connectivity index (χ1v) is 9.42. The van der Waals surface area contributed by atoms with Crippen molar-refractivity contribution in [3.8, 4) is 0 Å². The van der Waals surface area contributed by atoms with Crippen LogP contribution in [0.5, 0.6) is 0 Å². The van der Waals surface area contributed by atoms with Crippen LogP contribution in [0.2, 0.25) is 0 Å². The van der Waals surface area contributed by atoms with E-state index in [9.17, 15) is 8.42 Å². The highest BCUT2D eigenvalue weighted by atomic mass is 79.9. The molecular formula is C14H21BrN2O2S. The Labute approximate surface area is 129 Å². The lowest BCUT2D eigenvalue weighted by atomic mass is 10.1. The summed E-state index contributed by atoms with van der Waals surface area (Å²) in [5, 5.41) is 3.48. The molecule has 0 atom stereocenters. The number of benzene rings is 1. The van der Waals surface area contributed by atoms with Gasteiger partial charge in [-0.05, 0) is 47.3 Å². The van der Waals surface area contributed by atoms with Gasteiger partial charge in [0, 0.05) is 29.3 Å². The Hall–Kier alpha value is -0.590. The van der Waals surface area contributed by atoms with Crippen LogP contribution in [0.1, 0.15) is 26.2 Å². The van der Waals surface area contributed by atoms with Crippen molar-refractivity contribution in [3.63, 3.8) is 0 Å². The van der Waals surface area contributed by atoms with Crippen molar-refractivity contribution in [1.82, 2.24) is 4.31 Å². The molecule has 2 rings (SSSR count). The highest BCUT2D eigenvalue weighted by Gasteiger charge is 2.27. The number of rotatable bonds is 5. The third kappa shape index (κ3) is 3.96. The number of nitrogens with zero attached hydrogens (tertiary/aromatic N) is 1. The SMILES string of the molecule is CCCS(=O)(=O)N1CCC(Nc2ccccc2Br)CC1. The second-order valence-electron chi connectivity index (χ2n) is 5.11. The molecule has 1 aromatic carbocycles. The fourth-order valence-corrected chi connectivity index (χ4v) is 4.40. The van der Waals surface area contributed by atoms with Crippen LogP contribution in [0.3, 0.4) is 0 Å². The molecule has 0 aliphatic carbocycles. The molecule has 6 heteroatoms. The Morgan fingerprint density at radius 2 is 1.95 bits per heavy atom. The molecule has 1 saturated heterocycles. The molecule has 1 aromatic rings. The fraction of sp³-hybridized carbons (Fsp3) is 0.571. The average Bonchev–Trinajstić information content (AvgIpc) is 2.42. The minimum absolute atomic E-state index is 0.259. The summed E-state index contributed by atoms with van der Waals surface area (Å²) in [5.41, 5.74) is 1.07. The van der Waals surface area contributed by atoms with Gasteiger partial charge in [-0.15, -0.1) is 0 Å². The summed E-state index contributed by atoms with van der Waals surface area (Å²) in [4.78, 5) is 0. The van der Waals surface area contributed by atoms with E-state index < -0.39 is 10.0 Å². The molecule has 0 bridgehead atoms. The number of hydrogen-bond acceptors (Lipinski definition) is 3. The lowest BCUT2D eigenvalue weighted by Crippen LogP contribution is -2.43. The summed E-state index contributed by atoms with van der Waals surface area (Å²) in [6.45, 7) is 3.13. The van der Waals surface area contributed by atoms with Crippen LogP contribution in [0.4, 0.5) is 5.69 Å². The van der Waals surface area contributed by atoms with Gasteiger partial charge >= 0.3 is 0 Å². The van der Waals surface area contributed by atoms with E-state index >= 15 is 0 Å². The smallest absolute Gasteiger partial charge is 0.214 e. The zero-order chi connectivity index (χ0) is 14.6. The Balaban J connectivity index is 1.91. The molecular weight excluding hydrogens is 340 g/mol. The van der Waals surface area contributed by atoms with Crippen molar-refractivity contribution in [3.05, 3.63) is 28.7 Å². The largest absolute Gasteiger partial charge is 0.381 e. The molecule has 1 heterocycles. The van der Waals surface area contributed by atoms with Crippen LogP contribution in [0.25, 0.3) is 0 Å². The van der Waals surface area contributed by atoms with E-state index in [1.165, 1.54) is 0 Å². The minimum atomic E-state index is -3.04. The van der Waals surface area contributed by atoms with E-state index in [0.29, 0.717) is 25.6 Å². The summed E-state index contributed by atoms with van der Waals surface area (Å²) in [5.74, 6) is 0.259. The zero-order valence-electron chi connectivity index (χ0n) is 11.7. The molecule has 1 aliphatic rings. The molecule has 1 aliphatic heterocycles. The third-order valence-corrected chi connectivity index (χ3v) is 6.31. The van der Waals surface area contributed by atoms with E-state index in [0.717, 1.165) is 23.0 Å². The van der Waals surface area contributed by atoms with Crippen molar-refractivity contribution in [2.75, 3.05) is 24.2 Å². The van der Waals surface area contributed by atoms with Gasteiger partial charge in [0.1, 0.15) is 0 Å². The van der Waals surface area contributed by atoms with Gasteiger partial charge in [0.2, 0.25) is 10.0 Å². The van der Waals surface area contributed by atoms with Gasteiger partial charge in [-0.25, -0.2) is 12.7 Å². The summed E-state index contributed by atoms with van der Waals surface area (Å²) in [7, 11) is -3.04. The van der Waals surface area contributed by atoms with Gasteiger partial charge in [-0.1, -0.05) is 19.1 Å². The van der Waals surface area contributed by atoms with Gasteiger partial charge < -0.3 is 5.32 Å². The molecule has 112 valence electrons. The van der Waals surface area contributed by atoms with Crippen molar-refractivity contribution in [2.45, 2.75) is 32.2 Å². The molecule has 0 saturated carbocycles. The monoisotopic (exact) mass is 360 g/mol. The number of anilines is 1. The predicted octanol–water partition coefficient (Wildman–Crippen LogP) is 3.07. The second kappa shape index (κ2) is 6.91. The molecule has 0 aromatic heterocycles. The Morgan fingerprint density at radius 3 is 2.55 bits per heavy atom. The highest BCUT2D eigenvalue weighted by Crippen LogP contribution is 2.25. The standard InChI is InChI=1S/C14H21BrN2O2S/c1-2-11-20(18,19)17-9-7-12(8-10-17)16-14-6-4-3-5-13(14)15/h3-6,12,16H,2,7-11H2,1H3. The van der Waals surface area contributed by atoms with Crippen molar-refractivity contribution in [2.24, 2.45) is 0 Å². The zero-order valence-corrected chi connectivity index (χ0v) is 14.1. The van der Waals surface area contributed by atoms with Crippen molar-refractivity contribution < 1.29 is 8.42 Å². The Morgan fingerprint density at radius 1 is 1.30 bits per heavy atom. The molecule has 0 spiro atoms. The van der Waals surface area contributed by atoms with Gasteiger partial charge in [-0.2, -0.15) is 0 Å². The Bertz CT molecular complexity index is 540. The normalized spacial score (nSPS) is 18.1. The van der Waals surface area contributed by atoms with Crippen LogP contribution in [-0.2, 0) is 10.0 Å². The first-order chi connectivity index (χ1) is 9.53. The van der Waals surface area contributed by atoms with Crippen LogP contribution in [0, 0.1) is 0 Å². The predicted molar refractivity (Wildman–Crippen MR) is 86.4 cm³/mol. The maximum absolute atomic E-state index is 12.0. The molecule has 4 nitrogen and oxygen atoms in total. The van der Waals surface area contributed by atoms with Crippen LogP contribution in [-0.4, -0.2) is 37.6 Å². The number of hydrogen-bond donors (Lipinski definition) is 1. The summed E-state index contributed by atoms with van der Waals surface area (Å²) in [6, 6.07) is 8.35. The van der Waals surface area contributed by atoms with Crippen molar-refractivity contribution in [1.29, 1.82) is 0 Å². The minimum Gasteiger partial charge on any atom is -0.381 e.